The number of rotatable bonds is 7. The predicted octanol–water partition coefficient (Wildman–Crippen LogP) is 4.70. The van der Waals surface area contributed by atoms with E-state index in [2.05, 4.69) is 20.9 Å². The van der Waals surface area contributed by atoms with Gasteiger partial charge in [-0.1, -0.05) is 43.5 Å². The van der Waals surface area contributed by atoms with Crippen molar-refractivity contribution in [3.05, 3.63) is 59.7 Å². The van der Waals surface area contributed by atoms with Crippen molar-refractivity contribution in [2.75, 3.05) is 19.5 Å². The van der Waals surface area contributed by atoms with Crippen molar-refractivity contribution >= 4 is 41.5 Å². The first-order valence-electron chi connectivity index (χ1n) is 10.6. The third-order valence-corrected chi connectivity index (χ3v) is 5.45. The Morgan fingerprint density at radius 2 is 1.65 bits per heavy atom. The first-order chi connectivity index (χ1) is 14.7. The quantitative estimate of drug-likeness (QED) is 0.273. The van der Waals surface area contributed by atoms with Crippen LogP contribution in [0.4, 0.5) is 5.69 Å². The number of guanidine groups is 1. The largest absolute Gasteiger partial charge is 0.497 e. The average Bonchev–Trinajstić information content (AvgIpc) is 2.80. The summed E-state index contributed by atoms with van der Waals surface area (Å²) in [6.45, 7) is 1.26. The highest BCUT2D eigenvalue weighted by molar-refractivity contribution is 14.0. The molecule has 0 radical (unpaired) electrons. The first kappa shape index (κ1) is 25.0. The van der Waals surface area contributed by atoms with Crippen LogP contribution in [0.2, 0.25) is 0 Å². The van der Waals surface area contributed by atoms with E-state index in [9.17, 15) is 4.79 Å². The molecule has 1 fully saturated rings. The molecule has 7 heteroatoms. The summed E-state index contributed by atoms with van der Waals surface area (Å²) in [5, 5.41) is 9.72. The highest BCUT2D eigenvalue weighted by Crippen LogP contribution is 2.25. The number of nitrogens with one attached hydrogen (secondary N) is 3. The summed E-state index contributed by atoms with van der Waals surface area (Å²) in [5.74, 6) is 1.86. The van der Waals surface area contributed by atoms with Gasteiger partial charge in [0.05, 0.1) is 7.11 Å². The first-order valence-corrected chi connectivity index (χ1v) is 10.6. The fourth-order valence-electron chi connectivity index (χ4n) is 3.74. The van der Waals surface area contributed by atoms with E-state index in [-0.39, 0.29) is 35.8 Å². The zero-order valence-corrected chi connectivity index (χ0v) is 20.6. The van der Waals surface area contributed by atoms with Gasteiger partial charge in [0.25, 0.3) is 0 Å². The summed E-state index contributed by atoms with van der Waals surface area (Å²) in [6.07, 6.45) is 5.57. The van der Waals surface area contributed by atoms with Gasteiger partial charge in [-0.25, -0.2) is 0 Å². The fourth-order valence-corrected chi connectivity index (χ4v) is 3.74. The van der Waals surface area contributed by atoms with Gasteiger partial charge >= 0.3 is 0 Å². The zero-order valence-electron chi connectivity index (χ0n) is 18.3. The Morgan fingerprint density at radius 3 is 2.29 bits per heavy atom. The minimum absolute atomic E-state index is 0. The minimum atomic E-state index is 0. The van der Waals surface area contributed by atoms with Gasteiger partial charge in [0.2, 0.25) is 5.91 Å². The van der Waals surface area contributed by atoms with Gasteiger partial charge in [0.1, 0.15) is 5.75 Å². The van der Waals surface area contributed by atoms with Crippen molar-refractivity contribution < 1.29 is 9.53 Å². The van der Waals surface area contributed by atoms with Crippen LogP contribution in [0, 0.1) is 5.92 Å². The Morgan fingerprint density at radius 1 is 1.00 bits per heavy atom. The third kappa shape index (κ3) is 8.05. The van der Waals surface area contributed by atoms with Crippen molar-refractivity contribution in [3.63, 3.8) is 0 Å². The number of benzene rings is 2. The normalized spacial score (nSPS) is 14.3. The van der Waals surface area contributed by atoms with Crippen LogP contribution in [0.3, 0.4) is 0 Å². The lowest BCUT2D eigenvalue weighted by Gasteiger charge is -2.21. The van der Waals surface area contributed by atoms with Crippen molar-refractivity contribution in [2.45, 2.75) is 45.2 Å². The van der Waals surface area contributed by atoms with Gasteiger partial charge in [0, 0.05) is 31.7 Å². The molecule has 6 nitrogen and oxygen atoms in total. The monoisotopic (exact) mass is 536 g/mol. The molecule has 3 rings (SSSR count). The van der Waals surface area contributed by atoms with E-state index in [1.165, 1.54) is 6.42 Å². The average molecular weight is 536 g/mol. The molecule has 1 aliphatic rings. The molecule has 1 aliphatic carbocycles. The molecular weight excluding hydrogens is 503 g/mol. The molecule has 0 atom stereocenters. The number of ether oxygens (including phenoxy) is 1. The van der Waals surface area contributed by atoms with Crippen LogP contribution in [-0.2, 0) is 17.9 Å². The zero-order chi connectivity index (χ0) is 21.2. The molecular formula is C24H33IN4O2. The van der Waals surface area contributed by atoms with Crippen LogP contribution in [0.25, 0.3) is 0 Å². The van der Waals surface area contributed by atoms with Gasteiger partial charge in [-0.05, 0) is 48.2 Å². The van der Waals surface area contributed by atoms with Gasteiger partial charge in [-0.15, -0.1) is 24.0 Å². The summed E-state index contributed by atoms with van der Waals surface area (Å²) < 4.78 is 5.27. The number of hydrogen-bond acceptors (Lipinski definition) is 3. The Labute approximate surface area is 202 Å². The molecule has 2 aromatic carbocycles. The van der Waals surface area contributed by atoms with E-state index in [0.717, 1.165) is 54.2 Å². The number of nitrogens with zero attached hydrogens (tertiary/aromatic N) is 1. The van der Waals surface area contributed by atoms with E-state index in [4.69, 9.17) is 4.74 Å². The van der Waals surface area contributed by atoms with E-state index >= 15 is 0 Å². The summed E-state index contributed by atoms with van der Waals surface area (Å²) in [4.78, 5) is 16.8. The molecule has 0 unspecified atom stereocenters. The van der Waals surface area contributed by atoms with E-state index in [0.29, 0.717) is 13.1 Å². The maximum Gasteiger partial charge on any atom is 0.227 e. The highest BCUT2D eigenvalue weighted by Gasteiger charge is 2.21. The van der Waals surface area contributed by atoms with Crippen LogP contribution in [0.15, 0.2) is 53.5 Å². The number of methoxy groups -OCH3 is 1. The van der Waals surface area contributed by atoms with Crippen molar-refractivity contribution in [1.29, 1.82) is 0 Å². The van der Waals surface area contributed by atoms with Crippen molar-refractivity contribution in [2.24, 2.45) is 10.9 Å². The maximum absolute atomic E-state index is 12.5. The summed E-state index contributed by atoms with van der Waals surface area (Å²) in [7, 11) is 3.42. The Kier molecular flexibility index (Phi) is 10.6. The molecule has 1 saturated carbocycles. The van der Waals surface area contributed by atoms with Crippen LogP contribution in [-0.4, -0.2) is 26.0 Å². The molecule has 0 aliphatic heterocycles. The number of carbonyl (C=O) groups is 1. The van der Waals surface area contributed by atoms with Crippen LogP contribution < -0.4 is 20.7 Å². The molecule has 0 bridgehead atoms. The lowest BCUT2D eigenvalue weighted by Crippen LogP contribution is -2.36. The second-order valence-electron chi connectivity index (χ2n) is 7.66. The van der Waals surface area contributed by atoms with Crippen LogP contribution >= 0.6 is 24.0 Å². The Balaban J connectivity index is 0.00000341. The molecule has 1 amide bonds. The van der Waals surface area contributed by atoms with Gasteiger partial charge in [-0.2, -0.15) is 0 Å². The third-order valence-electron chi connectivity index (χ3n) is 5.45. The standard InChI is InChI=1S/C24H32N4O2.HI/c1-25-24(27-17-19-9-7-13-22(15-19)30-2)26-16-18-8-6-12-21(14-18)28-23(29)20-10-4-3-5-11-20;/h6-9,12-15,20H,3-5,10-11,16-17H2,1-2H3,(H,28,29)(H2,25,26,27);1H. The molecule has 0 aromatic heterocycles. The van der Waals surface area contributed by atoms with Gasteiger partial charge in [0.15, 0.2) is 5.96 Å². The minimum Gasteiger partial charge on any atom is -0.497 e. The molecule has 0 spiro atoms. The van der Waals surface area contributed by atoms with Crippen LogP contribution in [0.1, 0.15) is 43.2 Å². The topological polar surface area (TPSA) is 74.8 Å². The number of hydrogen-bond donors (Lipinski definition) is 3. The Bertz CT molecular complexity index is 866. The number of amides is 1. The summed E-state index contributed by atoms with van der Waals surface area (Å²) in [6, 6.07) is 15.9. The van der Waals surface area contributed by atoms with Crippen molar-refractivity contribution in [3.8, 4) is 5.75 Å². The van der Waals surface area contributed by atoms with Crippen LogP contribution in [0.5, 0.6) is 5.75 Å². The van der Waals surface area contributed by atoms with E-state index < -0.39 is 0 Å². The van der Waals surface area contributed by atoms with Crippen molar-refractivity contribution in [1.82, 2.24) is 10.6 Å². The summed E-state index contributed by atoms with van der Waals surface area (Å²) >= 11 is 0. The lowest BCUT2D eigenvalue weighted by molar-refractivity contribution is -0.120. The summed E-state index contributed by atoms with van der Waals surface area (Å²) in [5.41, 5.74) is 3.05. The fraction of sp³-hybridized carbons (Fsp3) is 0.417. The van der Waals surface area contributed by atoms with E-state index in [1.54, 1.807) is 14.2 Å². The number of anilines is 1. The number of aliphatic imine (C=N–C) groups is 1. The molecule has 0 heterocycles. The molecule has 31 heavy (non-hydrogen) atoms. The second-order valence-corrected chi connectivity index (χ2v) is 7.66. The number of halogens is 1. The van der Waals surface area contributed by atoms with E-state index in [1.807, 2.05) is 48.5 Å². The smallest absolute Gasteiger partial charge is 0.227 e. The molecule has 2 aromatic rings. The predicted molar refractivity (Wildman–Crippen MR) is 137 cm³/mol. The molecule has 3 N–H and O–H groups in total. The second kappa shape index (κ2) is 13.2. The van der Waals surface area contributed by atoms with Gasteiger partial charge < -0.3 is 20.7 Å². The lowest BCUT2D eigenvalue weighted by atomic mass is 9.88. The number of carbonyl (C=O) groups excluding carboxylic acids is 1. The SMILES string of the molecule is CN=C(NCc1cccc(NC(=O)C2CCCCC2)c1)NCc1cccc(OC)c1.I. The molecule has 168 valence electrons. The Hall–Kier alpha value is -2.29. The maximum atomic E-state index is 12.5. The van der Waals surface area contributed by atoms with Gasteiger partial charge in [-0.3, -0.25) is 9.79 Å². The highest BCUT2D eigenvalue weighted by atomic mass is 127. The molecule has 0 saturated heterocycles.